The molecule has 1 fully saturated rings. The number of benzene rings is 3. The molecule has 1 aliphatic heterocycles. The molecule has 0 bridgehead atoms. The summed E-state index contributed by atoms with van der Waals surface area (Å²) in [6.07, 6.45) is 11.0. The second-order valence-corrected chi connectivity index (χ2v) is 18.7. The van der Waals surface area contributed by atoms with Crippen molar-refractivity contribution in [1.82, 2.24) is 24.4 Å². The predicted octanol–water partition coefficient (Wildman–Crippen LogP) is 10.5. The number of H-pyrrole nitrogens is 1. The maximum Gasteiger partial charge on any atom is 0.280 e. The molecule has 346 valence electrons. The third kappa shape index (κ3) is 12.6. The molecule has 0 aliphatic carbocycles. The van der Waals surface area contributed by atoms with Crippen LogP contribution in [-0.2, 0) is 15.1 Å². The number of aliphatic imine (C=N–C) groups is 1. The van der Waals surface area contributed by atoms with Crippen LogP contribution < -0.4 is 15.0 Å². The van der Waals surface area contributed by atoms with E-state index >= 15 is 0 Å². The Hall–Kier alpha value is -5.04. The normalized spacial score (nSPS) is 17.8. The van der Waals surface area contributed by atoms with Crippen LogP contribution in [0.4, 0.5) is 5.95 Å². The Labute approximate surface area is 380 Å². The lowest BCUT2D eigenvalue weighted by molar-refractivity contribution is -0.0931. The molecular weight excluding hydrogens is 805 g/mol. The fraction of sp³-hybridized carbons (Fsp3) is 0.538. The fourth-order valence-electron chi connectivity index (χ4n) is 8.68. The van der Waals surface area contributed by atoms with Gasteiger partial charge >= 0.3 is 0 Å². The number of ether oxygens (including phenoxy) is 4. The van der Waals surface area contributed by atoms with Gasteiger partial charge < -0.3 is 29.0 Å². The van der Waals surface area contributed by atoms with Crippen molar-refractivity contribution in [3.8, 4) is 11.5 Å². The van der Waals surface area contributed by atoms with E-state index in [9.17, 15) is 9.90 Å². The van der Waals surface area contributed by atoms with E-state index in [0.717, 1.165) is 66.0 Å². The average Bonchev–Trinajstić information content (AvgIpc) is 3.89. The molecule has 6 rings (SSSR count). The molecule has 0 amide bonds. The zero-order valence-electron chi connectivity index (χ0n) is 39.4. The van der Waals surface area contributed by atoms with Crippen LogP contribution in [-0.4, -0.2) is 82.0 Å². The average molecular weight is 877 g/mol. The number of nitrogens with one attached hydrogen (secondary N) is 1. The zero-order valence-corrected chi connectivity index (χ0v) is 39.4. The molecule has 2 unspecified atom stereocenters. The third-order valence-electron chi connectivity index (χ3n) is 12.7. The standard InChI is InChI=1S/C52H72N6O6/c1-36(2)14-12-16-38(5)28-30-57(31-29-39(6)17-13-15-37(3)4)34-54-51-55-49-48(50(60)56-51)53-35-58(49)47-32-45(59)46(64-47)33-63-52(40-18-10-9-11-19-40,41-20-24-43(61-7)25-21-41)42-22-26-44(62-8)27-23-42/h9-11,18-27,34-39,45-47,59H,12-17,28-33H2,1-8H3,(H,55,56,60)/t38?,39?,45-,46+,47+/m0/s1. The molecule has 12 nitrogen and oxygen atoms in total. The first kappa shape index (κ1) is 48.4. The molecule has 0 saturated carbocycles. The van der Waals surface area contributed by atoms with E-state index in [-0.39, 0.29) is 30.1 Å². The number of aromatic amines is 1. The SMILES string of the molecule is COc1ccc(C(OC[C@H]2O[C@@H](n3cnc4c(=O)[nH]c(N=CN(CCC(C)CCCC(C)C)CCC(C)CCCC(C)C)nc43)C[C@@H]2O)(c2ccccc2)c2ccc(OC)cc2)cc1. The van der Waals surface area contributed by atoms with Gasteiger partial charge in [-0.2, -0.15) is 4.98 Å². The van der Waals surface area contributed by atoms with Gasteiger partial charge in [-0.1, -0.05) is 135 Å². The van der Waals surface area contributed by atoms with Gasteiger partial charge in [0, 0.05) is 19.5 Å². The summed E-state index contributed by atoms with van der Waals surface area (Å²) in [4.78, 5) is 32.6. The highest BCUT2D eigenvalue weighted by Crippen LogP contribution is 2.43. The Balaban J connectivity index is 1.22. The zero-order chi connectivity index (χ0) is 45.6. The van der Waals surface area contributed by atoms with Gasteiger partial charge in [0.2, 0.25) is 5.95 Å². The first-order chi connectivity index (χ1) is 30.9. The lowest BCUT2D eigenvalue weighted by Crippen LogP contribution is -2.38. The summed E-state index contributed by atoms with van der Waals surface area (Å²) in [6.45, 7) is 15.7. The highest BCUT2D eigenvalue weighted by Gasteiger charge is 2.42. The van der Waals surface area contributed by atoms with Crippen molar-refractivity contribution in [2.45, 2.75) is 123 Å². The van der Waals surface area contributed by atoms with Crippen LogP contribution in [0.25, 0.3) is 11.2 Å². The summed E-state index contributed by atoms with van der Waals surface area (Å²) in [7, 11) is 3.28. The minimum absolute atomic E-state index is 0.0450. The van der Waals surface area contributed by atoms with Gasteiger partial charge in [-0.05, 0) is 77.5 Å². The summed E-state index contributed by atoms with van der Waals surface area (Å²) in [5, 5.41) is 11.6. The quantitative estimate of drug-likeness (QED) is 0.0334. The van der Waals surface area contributed by atoms with Crippen LogP contribution in [0.2, 0.25) is 0 Å². The fourth-order valence-corrected chi connectivity index (χ4v) is 8.68. The summed E-state index contributed by atoms with van der Waals surface area (Å²) < 4.78 is 26.4. The Kier molecular flexibility index (Phi) is 17.6. The molecule has 2 N–H and O–H groups in total. The molecule has 3 heterocycles. The maximum atomic E-state index is 13.4. The smallest absolute Gasteiger partial charge is 0.280 e. The monoisotopic (exact) mass is 877 g/mol. The highest BCUT2D eigenvalue weighted by molar-refractivity contribution is 5.71. The molecule has 64 heavy (non-hydrogen) atoms. The van der Waals surface area contributed by atoms with Gasteiger partial charge in [-0.3, -0.25) is 14.3 Å². The molecule has 1 saturated heterocycles. The number of imidazole rings is 1. The second kappa shape index (κ2) is 23.2. The summed E-state index contributed by atoms with van der Waals surface area (Å²) in [5.41, 5.74) is 1.70. The Morgan fingerprint density at radius 3 is 1.89 bits per heavy atom. The number of aliphatic hydroxyl groups is 1. The van der Waals surface area contributed by atoms with Gasteiger partial charge in [0.15, 0.2) is 11.2 Å². The van der Waals surface area contributed by atoms with Gasteiger partial charge in [0.05, 0.1) is 39.6 Å². The Morgan fingerprint density at radius 2 is 1.36 bits per heavy atom. The van der Waals surface area contributed by atoms with Gasteiger partial charge in [0.1, 0.15) is 29.4 Å². The van der Waals surface area contributed by atoms with E-state index in [2.05, 4.69) is 56.4 Å². The molecule has 5 atom stereocenters. The van der Waals surface area contributed by atoms with Crippen molar-refractivity contribution in [3.63, 3.8) is 0 Å². The van der Waals surface area contributed by atoms with Gasteiger partial charge in [-0.25, -0.2) is 9.98 Å². The molecule has 0 spiro atoms. The molecule has 12 heteroatoms. The molecular formula is C52H72N6O6. The van der Waals surface area contributed by atoms with Crippen molar-refractivity contribution in [2.24, 2.45) is 28.7 Å². The van der Waals surface area contributed by atoms with Crippen molar-refractivity contribution < 1.29 is 24.1 Å². The Bertz CT molecular complexity index is 2170. The first-order valence-corrected chi connectivity index (χ1v) is 23.5. The molecule has 0 radical (unpaired) electrons. The molecule has 1 aliphatic rings. The number of hydrogen-bond acceptors (Lipinski definition) is 9. The van der Waals surface area contributed by atoms with Crippen molar-refractivity contribution in [3.05, 3.63) is 112 Å². The first-order valence-electron chi connectivity index (χ1n) is 23.5. The highest BCUT2D eigenvalue weighted by atomic mass is 16.6. The number of aromatic nitrogens is 4. The lowest BCUT2D eigenvalue weighted by Gasteiger charge is -2.37. The van der Waals surface area contributed by atoms with Crippen LogP contribution in [0.5, 0.6) is 11.5 Å². The van der Waals surface area contributed by atoms with E-state index in [0.29, 0.717) is 17.5 Å². The van der Waals surface area contributed by atoms with Crippen LogP contribution in [0.3, 0.4) is 0 Å². The topological polar surface area (TPSA) is 136 Å². The van der Waals surface area contributed by atoms with Crippen LogP contribution in [0.1, 0.15) is 122 Å². The van der Waals surface area contributed by atoms with E-state index in [1.54, 1.807) is 25.1 Å². The minimum atomic E-state index is -1.09. The number of nitrogens with zero attached hydrogens (tertiary/aromatic N) is 5. The number of hydrogen-bond donors (Lipinski definition) is 2. The van der Waals surface area contributed by atoms with E-state index in [1.165, 1.54) is 38.5 Å². The molecule has 2 aromatic heterocycles. The van der Waals surface area contributed by atoms with Gasteiger partial charge in [-0.15, -0.1) is 0 Å². The van der Waals surface area contributed by atoms with Crippen molar-refractivity contribution >= 4 is 23.5 Å². The second-order valence-electron chi connectivity index (χ2n) is 18.7. The van der Waals surface area contributed by atoms with E-state index < -0.39 is 24.0 Å². The number of methoxy groups -OCH3 is 2. The van der Waals surface area contributed by atoms with Crippen molar-refractivity contribution in [2.75, 3.05) is 33.9 Å². The van der Waals surface area contributed by atoms with E-state index in [1.807, 2.05) is 85.2 Å². The molecule has 5 aromatic rings. The van der Waals surface area contributed by atoms with Crippen LogP contribution in [0.15, 0.2) is 95.0 Å². The third-order valence-corrected chi connectivity index (χ3v) is 12.7. The van der Waals surface area contributed by atoms with Crippen LogP contribution >= 0.6 is 0 Å². The Morgan fingerprint density at radius 1 is 0.812 bits per heavy atom. The number of rotatable bonds is 25. The summed E-state index contributed by atoms with van der Waals surface area (Å²) in [6, 6.07) is 25.7. The lowest BCUT2D eigenvalue weighted by atomic mass is 9.80. The van der Waals surface area contributed by atoms with Gasteiger partial charge in [0.25, 0.3) is 5.56 Å². The predicted molar refractivity (Wildman–Crippen MR) is 256 cm³/mol. The van der Waals surface area contributed by atoms with Crippen LogP contribution in [0, 0.1) is 23.7 Å². The largest absolute Gasteiger partial charge is 0.497 e. The van der Waals surface area contributed by atoms with E-state index in [4.69, 9.17) is 28.9 Å². The minimum Gasteiger partial charge on any atom is -0.497 e. The molecule has 3 aromatic carbocycles. The summed E-state index contributed by atoms with van der Waals surface area (Å²) >= 11 is 0. The number of fused-ring (bicyclic) bond motifs is 1. The number of aliphatic hydroxyl groups excluding tert-OH is 1. The maximum absolute atomic E-state index is 13.4. The van der Waals surface area contributed by atoms with Crippen molar-refractivity contribution in [1.29, 1.82) is 0 Å². The summed E-state index contributed by atoms with van der Waals surface area (Å²) in [5.74, 6) is 4.30.